The molecule has 3 N–H and O–H groups in total. The lowest BCUT2D eigenvalue weighted by Gasteiger charge is -2.36. The van der Waals surface area contributed by atoms with E-state index in [1.807, 2.05) is 30.3 Å². The molecule has 0 spiro atoms. The predicted molar refractivity (Wildman–Crippen MR) is 110 cm³/mol. The summed E-state index contributed by atoms with van der Waals surface area (Å²) in [5, 5.41) is 31.2. The van der Waals surface area contributed by atoms with Crippen molar-refractivity contribution in [1.82, 2.24) is 0 Å². The Hall–Kier alpha value is -2.18. The van der Waals surface area contributed by atoms with E-state index >= 15 is 0 Å². The predicted octanol–water partition coefficient (Wildman–Crippen LogP) is 2.57. The molecular weight excluding hydrogens is 376 g/mol. The molecule has 3 rings (SSSR count). The van der Waals surface area contributed by atoms with Gasteiger partial charge in [0, 0.05) is 22.1 Å². The van der Waals surface area contributed by atoms with Crippen molar-refractivity contribution in [3.05, 3.63) is 68.9 Å². The van der Waals surface area contributed by atoms with E-state index in [1.54, 1.807) is 13.8 Å². The summed E-state index contributed by atoms with van der Waals surface area (Å²) >= 11 is 0. The van der Waals surface area contributed by atoms with Crippen LogP contribution in [0, 0.1) is 12.8 Å². The number of hydrogen-bond acceptors (Lipinski definition) is 5. The van der Waals surface area contributed by atoms with Gasteiger partial charge < -0.3 is 15.3 Å². The Labute approximate surface area is 167 Å². The first-order valence-corrected chi connectivity index (χ1v) is 10.9. The fourth-order valence-corrected chi connectivity index (χ4v) is 5.55. The Balaban J connectivity index is 1.81. The number of benzene rings is 1. The number of rotatable bonds is 5. The van der Waals surface area contributed by atoms with Gasteiger partial charge in [-0.05, 0) is 61.8 Å². The lowest BCUT2D eigenvalue weighted by atomic mass is 9.75. The monoisotopic (exact) mass is 402 g/mol. The van der Waals surface area contributed by atoms with Crippen LogP contribution in [0.2, 0.25) is 0 Å². The standard InChI is InChI=1S/C22H26O5S/c1-14-10-19(23)21(25)20(24)17-9-8-16(11-18(14)17)22(2,26)13-28(27)12-15-6-4-3-5-7-15/h3-7,10,16,26H,8-9,11-13H2,1-2H3,(H2,23,24,25). The lowest BCUT2D eigenvalue weighted by Crippen LogP contribution is -2.43. The fourth-order valence-electron chi connectivity index (χ4n) is 4.00. The normalized spacial score (nSPS) is 19.5. The van der Waals surface area contributed by atoms with Crippen molar-refractivity contribution in [2.75, 3.05) is 5.75 Å². The van der Waals surface area contributed by atoms with Crippen LogP contribution >= 0.6 is 0 Å². The second-order valence-electron chi connectivity index (χ2n) is 7.86. The SMILES string of the molecule is Cc1cc(=O)c(O)c(O)c2c1CC(C(C)(O)CS(=O)Cc1ccccc1)CC2. The summed E-state index contributed by atoms with van der Waals surface area (Å²) in [5.41, 5.74) is 1.24. The quantitative estimate of drug-likeness (QED) is 0.715. The zero-order chi connectivity index (χ0) is 20.5. The Morgan fingerprint density at radius 2 is 1.82 bits per heavy atom. The van der Waals surface area contributed by atoms with E-state index in [0.717, 1.165) is 11.1 Å². The molecule has 150 valence electrons. The Morgan fingerprint density at radius 1 is 1.14 bits per heavy atom. The number of fused-ring (bicyclic) bond motifs is 1. The highest BCUT2D eigenvalue weighted by Crippen LogP contribution is 2.39. The highest BCUT2D eigenvalue weighted by atomic mass is 32.2. The average Bonchev–Trinajstić information content (AvgIpc) is 2.73. The smallest absolute Gasteiger partial charge is 0.224 e. The van der Waals surface area contributed by atoms with Crippen molar-refractivity contribution in [2.24, 2.45) is 5.92 Å². The van der Waals surface area contributed by atoms with E-state index in [1.165, 1.54) is 6.07 Å². The summed E-state index contributed by atoms with van der Waals surface area (Å²) in [4.78, 5) is 11.9. The maximum atomic E-state index is 12.6. The minimum Gasteiger partial charge on any atom is -0.504 e. The van der Waals surface area contributed by atoms with Crippen LogP contribution in [0.4, 0.5) is 0 Å². The Morgan fingerprint density at radius 3 is 2.50 bits per heavy atom. The molecule has 0 saturated heterocycles. The minimum absolute atomic E-state index is 0.155. The lowest BCUT2D eigenvalue weighted by molar-refractivity contribution is 0.0147. The molecular formula is C22H26O5S. The van der Waals surface area contributed by atoms with Gasteiger partial charge in [-0.2, -0.15) is 0 Å². The number of aromatic hydroxyl groups is 2. The largest absolute Gasteiger partial charge is 0.504 e. The number of hydrogen-bond donors (Lipinski definition) is 3. The molecule has 0 amide bonds. The van der Waals surface area contributed by atoms with E-state index in [0.29, 0.717) is 36.1 Å². The molecule has 3 unspecified atom stereocenters. The van der Waals surface area contributed by atoms with Gasteiger partial charge in [-0.1, -0.05) is 30.3 Å². The van der Waals surface area contributed by atoms with Gasteiger partial charge in [-0.15, -0.1) is 0 Å². The minimum atomic E-state index is -1.22. The molecule has 0 heterocycles. The van der Waals surface area contributed by atoms with Crippen molar-refractivity contribution in [3.8, 4) is 11.5 Å². The molecule has 0 aromatic heterocycles. The van der Waals surface area contributed by atoms with Crippen molar-refractivity contribution in [1.29, 1.82) is 0 Å². The van der Waals surface area contributed by atoms with E-state index < -0.39 is 27.6 Å². The molecule has 28 heavy (non-hydrogen) atoms. The summed E-state index contributed by atoms with van der Waals surface area (Å²) in [6.45, 7) is 3.48. The second kappa shape index (κ2) is 8.05. The van der Waals surface area contributed by atoms with Crippen molar-refractivity contribution < 1.29 is 19.5 Å². The third-order valence-corrected chi connectivity index (χ3v) is 7.19. The van der Waals surface area contributed by atoms with Crippen molar-refractivity contribution in [2.45, 2.75) is 44.5 Å². The van der Waals surface area contributed by atoms with E-state index in [-0.39, 0.29) is 17.4 Å². The van der Waals surface area contributed by atoms with Gasteiger partial charge in [-0.25, -0.2) is 0 Å². The van der Waals surface area contributed by atoms with E-state index in [9.17, 15) is 24.3 Å². The Bertz CT molecular complexity index is 953. The van der Waals surface area contributed by atoms with Gasteiger partial charge in [-0.3, -0.25) is 9.00 Å². The maximum absolute atomic E-state index is 12.6. The maximum Gasteiger partial charge on any atom is 0.224 e. The van der Waals surface area contributed by atoms with Crippen LogP contribution in [-0.4, -0.2) is 30.9 Å². The average molecular weight is 403 g/mol. The number of aliphatic hydroxyl groups is 1. The van der Waals surface area contributed by atoms with Crippen LogP contribution in [0.15, 0.2) is 41.2 Å². The summed E-state index contributed by atoms with van der Waals surface area (Å²) in [5.74, 6) is -0.596. The molecule has 2 aromatic carbocycles. The molecule has 1 aliphatic carbocycles. The molecule has 0 saturated carbocycles. The molecule has 0 bridgehead atoms. The van der Waals surface area contributed by atoms with E-state index in [2.05, 4.69) is 0 Å². The number of aryl methyl sites for hydroxylation is 1. The van der Waals surface area contributed by atoms with Crippen LogP contribution in [0.1, 0.15) is 35.6 Å². The zero-order valence-corrected chi connectivity index (χ0v) is 17.0. The molecule has 1 aliphatic rings. The molecule has 0 radical (unpaired) electrons. The molecule has 3 atom stereocenters. The molecule has 0 aliphatic heterocycles. The zero-order valence-electron chi connectivity index (χ0n) is 16.1. The summed E-state index contributed by atoms with van der Waals surface area (Å²) < 4.78 is 12.6. The van der Waals surface area contributed by atoms with Crippen LogP contribution in [0.3, 0.4) is 0 Å². The Kier molecular flexibility index (Phi) is 5.91. The van der Waals surface area contributed by atoms with Crippen molar-refractivity contribution in [3.63, 3.8) is 0 Å². The molecule has 0 fully saturated rings. The van der Waals surface area contributed by atoms with Crippen LogP contribution in [0.25, 0.3) is 0 Å². The van der Waals surface area contributed by atoms with Gasteiger partial charge in [0.1, 0.15) is 0 Å². The first-order valence-electron chi connectivity index (χ1n) is 9.38. The summed E-state index contributed by atoms with van der Waals surface area (Å²) in [7, 11) is -1.22. The van der Waals surface area contributed by atoms with Gasteiger partial charge in [0.2, 0.25) is 11.2 Å². The highest BCUT2D eigenvalue weighted by molar-refractivity contribution is 7.84. The third-order valence-electron chi connectivity index (χ3n) is 5.63. The van der Waals surface area contributed by atoms with E-state index in [4.69, 9.17) is 0 Å². The topological polar surface area (TPSA) is 94.8 Å². The van der Waals surface area contributed by atoms with Gasteiger partial charge in [0.25, 0.3) is 0 Å². The van der Waals surface area contributed by atoms with Crippen LogP contribution in [-0.2, 0) is 29.4 Å². The van der Waals surface area contributed by atoms with Gasteiger partial charge in [0.05, 0.1) is 11.4 Å². The van der Waals surface area contributed by atoms with Crippen LogP contribution in [0.5, 0.6) is 11.5 Å². The van der Waals surface area contributed by atoms with Crippen LogP contribution < -0.4 is 5.43 Å². The first kappa shape index (κ1) is 20.6. The summed E-state index contributed by atoms with van der Waals surface area (Å²) in [6, 6.07) is 10.9. The molecule has 2 aromatic rings. The van der Waals surface area contributed by atoms with Crippen molar-refractivity contribution >= 4 is 10.8 Å². The van der Waals surface area contributed by atoms with Gasteiger partial charge in [0.15, 0.2) is 5.75 Å². The highest BCUT2D eigenvalue weighted by Gasteiger charge is 2.37. The first-order chi connectivity index (χ1) is 13.2. The van der Waals surface area contributed by atoms with Gasteiger partial charge >= 0.3 is 0 Å². The third kappa shape index (κ3) is 4.28. The summed E-state index contributed by atoms with van der Waals surface area (Å²) in [6.07, 6.45) is 1.47. The molecule has 5 nitrogen and oxygen atoms in total. The second-order valence-corrected chi connectivity index (χ2v) is 9.31. The fraction of sp³-hybridized carbons (Fsp3) is 0.409. The molecule has 6 heteroatoms.